The minimum Gasteiger partial charge on any atom is -0.463 e. The van der Waals surface area contributed by atoms with Gasteiger partial charge in [-0.15, -0.1) is 0 Å². The fourth-order valence-electron chi connectivity index (χ4n) is 7.95. The molecule has 0 spiro atoms. The van der Waals surface area contributed by atoms with Crippen LogP contribution >= 0.6 is 15.6 Å². The van der Waals surface area contributed by atoms with Gasteiger partial charge < -0.3 is 34.2 Å². The molecule has 18 heteroatoms. The highest BCUT2D eigenvalue weighted by molar-refractivity contribution is 7.47. The van der Waals surface area contributed by atoms with Crippen molar-refractivity contribution in [2.45, 2.75) is 257 Å². The molecule has 0 aromatic rings. The van der Waals surface area contributed by atoms with E-state index in [2.05, 4.69) is 118 Å². The van der Waals surface area contributed by atoms with E-state index in [4.69, 9.17) is 32.3 Å². The Balaban J connectivity index is 4.64. The predicted octanol–water partition coefficient (Wildman–Crippen LogP) is 16.7. The number of rotatable bonds is 59. The van der Waals surface area contributed by atoms with Gasteiger partial charge in [-0.2, -0.15) is 0 Å². The van der Waals surface area contributed by atoms with Crippen molar-refractivity contribution < 1.29 is 75.8 Å². The van der Waals surface area contributed by atoms with Crippen molar-refractivity contribution in [1.82, 2.24) is 0 Å². The smallest absolute Gasteiger partial charge is 0.463 e. The Morgan fingerprint density at radius 2 is 0.639 bits per heavy atom. The molecule has 0 amide bonds. The average Bonchev–Trinajstić information content (AvgIpc) is 3.46. The number of esters is 3. The molecule has 0 bridgehead atoms. The zero-order valence-electron chi connectivity index (χ0n) is 51.3. The van der Waals surface area contributed by atoms with E-state index in [1.165, 1.54) is 57.8 Å². The lowest BCUT2D eigenvalue weighted by atomic mass is 10.1. The van der Waals surface area contributed by atoms with Crippen LogP contribution in [0.4, 0.5) is 0 Å². The molecule has 0 aromatic carbocycles. The van der Waals surface area contributed by atoms with Crippen LogP contribution in [0.2, 0.25) is 0 Å². The highest BCUT2D eigenvalue weighted by Gasteiger charge is 2.29. The van der Waals surface area contributed by atoms with Crippen molar-refractivity contribution in [2.24, 2.45) is 0 Å². The molecule has 4 N–H and O–H groups in total. The topological polar surface area (TPSA) is 231 Å². The van der Waals surface area contributed by atoms with E-state index in [0.717, 1.165) is 122 Å². The van der Waals surface area contributed by atoms with Crippen LogP contribution in [0, 0.1) is 0 Å². The number of hydrogen-bond donors (Lipinski definition) is 4. The Morgan fingerprint density at radius 1 is 0.349 bits per heavy atom. The molecule has 0 radical (unpaired) electrons. The molecular formula is C65H112O16P2. The van der Waals surface area contributed by atoms with Crippen molar-refractivity contribution in [3.8, 4) is 0 Å². The number of carbonyl (C=O) groups excluding carboxylic acids is 3. The normalized spacial score (nSPS) is 15.0. The van der Waals surface area contributed by atoms with Crippen LogP contribution in [0.25, 0.3) is 0 Å². The molecule has 16 nitrogen and oxygen atoms in total. The van der Waals surface area contributed by atoms with Crippen LogP contribution in [0.15, 0.2) is 97.2 Å². The van der Waals surface area contributed by atoms with Crippen LogP contribution < -0.4 is 0 Å². The van der Waals surface area contributed by atoms with Gasteiger partial charge in [-0.3, -0.25) is 32.5 Å². The minimum absolute atomic E-state index is 0.102. The first-order valence-electron chi connectivity index (χ1n) is 31.5. The lowest BCUT2D eigenvalue weighted by Crippen LogP contribution is -2.30. The van der Waals surface area contributed by atoms with Gasteiger partial charge in [0.25, 0.3) is 0 Å². The molecule has 5 unspecified atom stereocenters. The summed E-state index contributed by atoms with van der Waals surface area (Å²) in [6, 6.07) is 0. The maximum absolute atomic E-state index is 12.8. The number of hydrogen-bond acceptors (Lipinski definition) is 14. The zero-order chi connectivity index (χ0) is 61.0. The van der Waals surface area contributed by atoms with Gasteiger partial charge >= 0.3 is 33.6 Å². The molecule has 478 valence electrons. The molecule has 0 fully saturated rings. The summed E-state index contributed by atoms with van der Waals surface area (Å²) in [6.45, 7) is 2.43. The molecular weight excluding hydrogens is 1100 g/mol. The summed E-state index contributed by atoms with van der Waals surface area (Å²) in [5, 5.41) is 20.5. The van der Waals surface area contributed by atoms with Crippen molar-refractivity contribution >= 4 is 33.6 Å². The summed E-state index contributed by atoms with van der Waals surface area (Å²) < 4.78 is 60.6. The number of phosphoric acid groups is 2. The molecule has 0 rings (SSSR count). The second-order valence-corrected chi connectivity index (χ2v) is 23.7. The van der Waals surface area contributed by atoms with Crippen LogP contribution in [0.5, 0.6) is 0 Å². The van der Waals surface area contributed by atoms with Crippen molar-refractivity contribution in [1.29, 1.82) is 0 Å². The maximum Gasteiger partial charge on any atom is 0.472 e. The number of aliphatic hydroxyl groups is 2. The molecule has 0 saturated heterocycles. The first kappa shape index (κ1) is 79.5. The lowest BCUT2D eigenvalue weighted by molar-refractivity contribution is -0.161. The van der Waals surface area contributed by atoms with E-state index in [9.17, 15) is 43.5 Å². The number of unbranched alkanes of at least 4 members (excludes halogenated alkanes) is 20. The van der Waals surface area contributed by atoms with E-state index in [1.54, 1.807) is 0 Å². The van der Waals surface area contributed by atoms with E-state index < -0.39 is 91.5 Å². The predicted molar refractivity (Wildman–Crippen MR) is 334 cm³/mol. The van der Waals surface area contributed by atoms with Crippen molar-refractivity contribution in [2.75, 3.05) is 39.6 Å². The van der Waals surface area contributed by atoms with Gasteiger partial charge in [0.15, 0.2) is 6.10 Å². The second-order valence-electron chi connectivity index (χ2n) is 20.8. The van der Waals surface area contributed by atoms with Crippen LogP contribution in [-0.4, -0.2) is 95.9 Å². The van der Waals surface area contributed by atoms with Gasteiger partial charge in [-0.1, -0.05) is 214 Å². The summed E-state index contributed by atoms with van der Waals surface area (Å²) in [6.07, 6.45) is 61.9. The molecule has 5 atom stereocenters. The van der Waals surface area contributed by atoms with Crippen LogP contribution in [-0.2, 0) is 55.8 Å². The molecule has 83 heavy (non-hydrogen) atoms. The molecule has 0 heterocycles. The van der Waals surface area contributed by atoms with E-state index in [-0.39, 0.29) is 19.3 Å². The minimum atomic E-state index is -4.92. The quantitative estimate of drug-likeness (QED) is 0.0146. The lowest BCUT2D eigenvalue weighted by Gasteiger charge is -2.21. The summed E-state index contributed by atoms with van der Waals surface area (Å²) in [7, 11) is -9.78. The third-order valence-electron chi connectivity index (χ3n) is 12.8. The summed E-state index contributed by atoms with van der Waals surface area (Å²) in [5.41, 5.74) is 0. The third-order valence-corrected chi connectivity index (χ3v) is 14.7. The molecule has 0 saturated carbocycles. The zero-order valence-corrected chi connectivity index (χ0v) is 53.1. The summed E-state index contributed by atoms with van der Waals surface area (Å²) >= 11 is 0. The van der Waals surface area contributed by atoms with Gasteiger partial charge in [0, 0.05) is 19.3 Å². The average molecular weight is 1210 g/mol. The van der Waals surface area contributed by atoms with Gasteiger partial charge in [-0.25, -0.2) is 9.13 Å². The van der Waals surface area contributed by atoms with Gasteiger partial charge in [0.1, 0.15) is 25.4 Å². The van der Waals surface area contributed by atoms with Crippen LogP contribution in [0.3, 0.4) is 0 Å². The number of ether oxygens (including phenoxy) is 3. The SMILES string of the molecule is CC/C=C\C/C=C\C/C=C\C/C=C\C/C=C\C/C=C\CCCCC(=O)OCC(O)COP(=O)(O)OCC(O)COP(=O)(O)OCC(COC(=O)CCCCCCC/C=C\C/C=C\CCCCC)OC(=O)CCCCCCCCCCCCC. The van der Waals surface area contributed by atoms with Gasteiger partial charge in [0.05, 0.1) is 26.4 Å². The third kappa shape index (κ3) is 60.0. The standard InChI is InChI=1S/C65H112O16P2/c1-4-7-10-13-16-19-22-24-26-27-28-29-30-31-33-35-37-39-42-45-48-51-63(68)75-54-60(66)55-77-82(71,72)78-56-61(67)57-79-83(73,74)80-59-62(81-65(70)53-50-47-44-41-36-21-18-15-12-9-6-3)58-76-64(69)52-49-46-43-40-38-34-32-25-23-20-17-14-11-8-5-2/h7,10,16-17,19-20,24-26,28-29,31-33,37,39,60-62,66-67H,4-6,8-9,11-15,18,21-23,27,30,34-36,38,40-59H2,1-3H3,(H,71,72)(H,73,74)/b10-7-,19-16-,20-17-,26-24-,29-28-,32-25-,33-31-,39-37-. The summed E-state index contributed by atoms with van der Waals surface area (Å²) in [5.74, 6) is -1.63. The molecule has 0 aliphatic heterocycles. The van der Waals surface area contributed by atoms with Crippen LogP contribution in [0.1, 0.15) is 239 Å². The molecule has 0 aliphatic rings. The summed E-state index contributed by atoms with van der Waals surface area (Å²) in [4.78, 5) is 58.1. The largest absolute Gasteiger partial charge is 0.472 e. The number of phosphoric ester groups is 2. The first-order chi connectivity index (χ1) is 40.2. The second kappa shape index (κ2) is 58.8. The monoisotopic (exact) mass is 1210 g/mol. The van der Waals surface area contributed by atoms with Gasteiger partial charge in [-0.05, 0) is 103 Å². The van der Waals surface area contributed by atoms with Crippen molar-refractivity contribution in [3.63, 3.8) is 0 Å². The Labute approximate surface area is 501 Å². The molecule has 0 aliphatic carbocycles. The number of carbonyl (C=O) groups is 3. The van der Waals surface area contributed by atoms with E-state index >= 15 is 0 Å². The van der Waals surface area contributed by atoms with Gasteiger partial charge in [0.2, 0.25) is 0 Å². The Bertz CT molecular complexity index is 1910. The number of aliphatic hydroxyl groups excluding tert-OH is 2. The molecule has 0 aromatic heterocycles. The fourth-order valence-corrected chi connectivity index (χ4v) is 9.54. The van der Waals surface area contributed by atoms with Crippen molar-refractivity contribution in [3.05, 3.63) is 97.2 Å². The van der Waals surface area contributed by atoms with E-state index in [0.29, 0.717) is 19.3 Å². The maximum atomic E-state index is 12.8. The fraction of sp³-hybridized carbons (Fsp3) is 0.708. The van der Waals surface area contributed by atoms with E-state index in [1.807, 2.05) is 0 Å². The highest BCUT2D eigenvalue weighted by atomic mass is 31.2. The Kier molecular flexibility index (Phi) is 56.3. The highest BCUT2D eigenvalue weighted by Crippen LogP contribution is 2.45. The Morgan fingerprint density at radius 3 is 1.06 bits per heavy atom. The number of allylic oxidation sites excluding steroid dienone is 16. The first-order valence-corrected chi connectivity index (χ1v) is 34.5. The Hall–Kier alpha value is -3.53.